The van der Waals surface area contributed by atoms with E-state index in [1.807, 2.05) is 0 Å². The van der Waals surface area contributed by atoms with Gasteiger partial charge in [0.25, 0.3) is 10.0 Å². The summed E-state index contributed by atoms with van der Waals surface area (Å²) in [5.74, 6) is -0.480. The molecule has 0 spiro atoms. The Morgan fingerprint density at radius 1 is 1.23 bits per heavy atom. The largest absolute Gasteiger partial charge is 0.494 e. The predicted molar refractivity (Wildman–Crippen MR) is 87.9 cm³/mol. The molecule has 0 heterocycles. The van der Waals surface area contributed by atoms with Crippen molar-refractivity contribution in [3.8, 4) is 5.75 Å². The zero-order valence-electron chi connectivity index (χ0n) is 11.0. The highest BCUT2D eigenvalue weighted by molar-refractivity contribution is 9.10. The summed E-state index contributed by atoms with van der Waals surface area (Å²) in [6.07, 6.45) is 0. The second-order valence-electron chi connectivity index (χ2n) is 4.15. The number of benzene rings is 2. The summed E-state index contributed by atoms with van der Waals surface area (Å²) in [5.41, 5.74) is 0.0428. The van der Waals surface area contributed by atoms with Gasteiger partial charge in [-0.05, 0) is 46.3 Å². The van der Waals surface area contributed by atoms with E-state index in [0.29, 0.717) is 4.47 Å². The minimum Gasteiger partial charge on any atom is -0.494 e. The number of halogens is 4. The first-order valence-corrected chi connectivity index (χ1v) is 8.78. The maximum Gasteiger partial charge on any atom is 0.265 e. The molecule has 0 aliphatic carbocycles. The number of hydrogen-bond donors (Lipinski definition) is 1. The lowest BCUT2D eigenvalue weighted by molar-refractivity contribution is 0.400. The maximum atomic E-state index is 13.0. The predicted octanol–water partition coefficient (Wildman–Crippen LogP) is 4.70. The summed E-state index contributed by atoms with van der Waals surface area (Å²) in [7, 11) is -2.70. The van der Waals surface area contributed by atoms with Gasteiger partial charge in [-0.2, -0.15) is 0 Å². The Balaban J connectivity index is 2.51. The lowest BCUT2D eigenvalue weighted by Gasteiger charge is -2.14. The number of nitrogens with one attached hydrogen (secondary N) is 1. The number of sulfonamides is 1. The van der Waals surface area contributed by atoms with Crippen molar-refractivity contribution in [2.75, 3.05) is 11.8 Å². The minimum atomic E-state index is -4.03. The molecule has 9 heteroatoms. The Morgan fingerprint density at radius 2 is 1.91 bits per heavy atom. The van der Waals surface area contributed by atoms with Crippen LogP contribution in [0.15, 0.2) is 39.7 Å². The molecule has 0 aromatic heterocycles. The highest BCUT2D eigenvalue weighted by Gasteiger charge is 2.23. The summed E-state index contributed by atoms with van der Waals surface area (Å²) < 4.78 is 45.8. The van der Waals surface area contributed by atoms with Crippen molar-refractivity contribution in [2.45, 2.75) is 4.90 Å². The number of rotatable bonds is 4. The highest BCUT2D eigenvalue weighted by Crippen LogP contribution is 2.36. The molecule has 22 heavy (non-hydrogen) atoms. The molecular formula is C13H9BrCl2FNO3S. The van der Waals surface area contributed by atoms with E-state index in [4.69, 9.17) is 27.9 Å². The van der Waals surface area contributed by atoms with Crippen LogP contribution < -0.4 is 9.46 Å². The van der Waals surface area contributed by atoms with E-state index in [2.05, 4.69) is 20.7 Å². The molecule has 0 aliphatic rings. The molecule has 2 rings (SSSR count). The smallest absolute Gasteiger partial charge is 0.265 e. The Bertz CT molecular complexity index is 830. The molecule has 0 saturated heterocycles. The van der Waals surface area contributed by atoms with Gasteiger partial charge in [0.1, 0.15) is 10.7 Å². The molecule has 0 amide bonds. The lowest BCUT2D eigenvalue weighted by atomic mass is 10.3. The summed E-state index contributed by atoms with van der Waals surface area (Å²) in [5, 5.41) is 0.141. The summed E-state index contributed by atoms with van der Waals surface area (Å²) in [4.78, 5) is -0.172. The van der Waals surface area contributed by atoms with Crippen molar-refractivity contribution in [1.29, 1.82) is 0 Å². The van der Waals surface area contributed by atoms with Gasteiger partial charge in [0.15, 0.2) is 5.75 Å². The Hall–Kier alpha value is -1.02. The molecule has 2 aromatic carbocycles. The van der Waals surface area contributed by atoms with Crippen molar-refractivity contribution in [3.63, 3.8) is 0 Å². The van der Waals surface area contributed by atoms with E-state index in [-0.39, 0.29) is 26.4 Å². The number of anilines is 1. The fourth-order valence-corrected chi connectivity index (χ4v) is 4.44. The van der Waals surface area contributed by atoms with Crippen LogP contribution in [-0.4, -0.2) is 15.5 Å². The quantitative estimate of drug-likeness (QED) is 0.767. The van der Waals surface area contributed by atoms with Crippen LogP contribution in [0.5, 0.6) is 5.75 Å². The van der Waals surface area contributed by atoms with Gasteiger partial charge in [0, 0.05) is 5.02 Å². The highest BCUT2D eigenvalue weighted by atomic mass is 79.9. The van der Waals surface area contributed by atoms with Gasteiger partial charge in [-0.15, -0.1) is 0 Å². The zero-order valence-corrected chi connectivity index (χ0v) is 14.9. The van der Waals surface area contributed by atoms with Crippen LogP contribution >= 0.6 is 39.1 Å². The van der Waals surface area contributed by atoms with Crippen LogP contribution in [0.1, 0.15) is 0 Å². The molecule has 1 N–H and O–H groups in total. The first-order valence-electron chi connectivity index (χ1n) is 5.75. The van der Waals surface area contributed by atoms with Gasteiger partial charge < -0.3 is 4.74 Å². The van der Waals surface area contributed by atoms with E-state index in [1.165, 1.54) is 25.3 Å². The van der Waals surface area contributed by atoms with Crippen LogP contribution in [0.25, 0.3) is 0 Å². The number of hydrogen-bond acceptors (Lipinski definition) is 3. The van der Waals surface area contributed by atoms with Gasteiger partial charge in [-0.1, -0.05) is 23.2 Å². The Kier molecular flexibility index (Phi) is 5.21. The summed E-state index contributed by atoms with van der Waals surface area (Å²) in [6.45, 7) is 0. The van der Waals surface area contributed by atoms with E-state index < -0.39 is 15.8 Å². The first kappa shape index (κ1) is 17.3. The third kappa shape index (κ3) is 3.65. The normalized spacial score (nSPS) is 11.3. The molecule has 0 atom stereocenters. The van der Waals surface area contributed by atoms with Crippen LogP contribution in [-0.2, 0) is 10.0 Å². The third-order valence-electron chi connectivity index (χ3n) is 2.64. The molecular weight excluding hydrogens is 420 g/mol. The van der Waals surface area contributed by atoms with Crippen LogP contribution in [0, 0.1) is 5.82 Å². The van der Waals surface area contributed by atoms with Crippen molar-refractivity contribution in [3.05, 3.63) is 50.7 Å². The second-order valence-corrected chi connectivity index (χ2v) is 7.50. The number of ether oxygens (including phenoxy) is 1. The monoisotopic (exact) mass is 427 g/mol. The van der Waals surface area contributed by atoms with Crippen LogP contribution in [0.2, 0.25) is 10.0 Å². The molecule has 0 bridgehead atoms. The molecule has 4 nitrogen and oxygen atoms in total. The van der Waals surface area contributed by atoms with Crippen LogP contribution in [0.4, 0.5) is 10.1 Å². The van der Waals surface area contributed by atoms with Gasteiger partial charge in [0.05, 0.1) is 22.3 Å². The van der Waals surface area contributed by atoms with Crippen molar-refractivity contribution < 1.29 is 17.5 Å². The van der Waals surface area contributed by atoms with Crippen molar-refractivity contribution in [2.24, 2.45) is 0 Å². The Labute approximate surface area is 145 Å². The van der Waals surface area contributed by atoms with E-state index in [9.17, 15) is 12.8 Å². The van der Waals surface area contributed by atoms with Gasteiger partial charge in [-0.25, -0.2) is 12.8 Å². The number of methoxy groups -OCH3 is 1. The molecule has 118 valence electrons. The van der Waals surface area contributed by atoms with E-state index >= 15 is 0 Å². The SMILES string of the molecule is COc1c(Br)cc(Cl)cc1S(=O)(=O)Nc1ccc(F)cc1Cl. The minimum absolute atomic E-state index is 0.0428. The van der Waals surface area contributed by atoms with E-state index in [1.54, 1.807) is 0 Å². The average molecular weight is 429 g/mol. The molecule has 0 aliphatic heterocycles. The fourth-order valence-electron chi connectivity index (χ4n) is 1.71. The Morgan fingerprint density at radius 3 is 2.50 bits per heavy atom. The van der Waals surface area contributed by atoms with Gasteiger partial charge >= 0.3 is 0 Å². The molecule has 0 saturated carbocycles. The second kappa shape index (κ2) is 6.62. The topological polar surface area (TPSA) is 55.4 Å². The van der Waals surface area contributed by atoms with Crippen molar-refractivity contribution >= 4 is 54.8 Å². The molecule has 0 fully saturated rings. The van der Waals surface area contributed by atoms with Crippen molar-refractivity contribution in [1.82, 2.24) is 0 Å². The molecule has 0 radical (unpaired) electrons. The standard InChI is InChI=1S/C13H9BrCl2FNO3S/c1-21-13-9(14)4-7(15)5-12(13)22(19,20)18-11-3-2-8(17)6-10(11)16/h2-6,18H,1H3. The lowest BCUT2D eigenvalue weighted by Crippen LogP contribution is -2.14. The zero-order chi connectivity index (χ0) is 16.5. The first-order chi connectivity index (χ1) is 10.2. The average Bonchev–Trinajstić information content (AvgIpc) is 2.41. The van der Waals surface area contributed by atoms with Gasteiger partial charge in [-0.3, -0.25) is 4.72 Å². The summed E-state index contributed by atoms with van der Waals surface area (Å²) in [6, 6.07) is 6.07. The van der Waals surface area contributed by atoms with Gasteiger partial charge in [0.2, 0.25) is 0 Å². The van der Waals surface area contributed by atoms with E-state index in [0.717, 1.165) is 12.1 Å². The molecule has 0 unspecified atom stereocenters. The van der Waals surface area contributed by atoms with Crippen LogP contribution in [0.3, 0.4) is 0 Å². The third-order valence-corrected chi connectivity index (χ3v) is 5.13. The fraction of sp³-hybridized carbons (Fsp3) is 0.0769. The summed E-state index contributed by atoms with van der Waals surface area (Å²) >= 11 is 14.9. The maximum absolute atomic E-state index is 13.0. The molecule has 2 aromatic rings.